The SMILES string of the molecule is CO.CO.Cc1cccc(C)c1-c1cccc(-c2c(C)cccc2C)c1Cc1cc(C(C)(C)C)cc(Cc2c(-c3c(C)cccc3C)cccc2-c2c(C)cccc2C)c1C(=O)[O-].Cc1cccc(C)c1-c1cccc(-c2c(C)cccc2C)c1Cc1cc(C(C)(C)C)cc(Cc2c(-c3c(C)cccc3C)cccc2-c2c(C)cccc2C)c1C(=O)[O-].[Cu+2]. The molecule has 7 heteroatoms. The maximum absolute atomic E-state index is 13.9. The van der Waals surface area contributed by atoms with E-state index < -0.39 is 11.9 Å². The fraction of sp³-hybridized carbons (Fsp3) is 0.259. The molecular weight excluding hydrogens is 1550 g/mol. The van der Waals surface area contributed by atoms with Crippen molar-refractivity contribution in [3.8, 4) is 89.0 Å². The third kappa shape index (κ3) is 19.8. The van der Waals surface area contributed by atoms with E-state index in [1.54, 1.807) is 0 Å². The predicted octanol–water partition coefficient (Wildman–Crippen LogP) is 26.5. The summed E-state index contributed by atoms with van der Waals surface area (Å²) < 4.78 is 0. The average Bonchev–Trinajstić information content (AvgIpc) is 0.748. The molecule has 0 saturated heterocycles. The first-order chi connectivity index (χ1) is 58.1. The Morgan fingerprint density at radius 2 is 0.341 bits per heavy atom. The van der Waals surface area contributed by atoms with Gasteiger partial charge in [0.25, 0.3) is 0 Å². The van der Waals surface area contributed by atoms with Crippen molar-refractivity contribution in [1.29, 1.82) is 0 Å². The minimum absolute atomic E-state index is 0. The van der Waals surface area contributed by atoms with Crippen molar-refractivity contribution in [1.82, 2.24) is 0 Å². The molecule has 2 N–H and O–H groups in total. The van der Waals surface area contributed by atoms with Crippen LogP contribution in [0.15, 0.2) is 243 Å². The van der Waals surface area contributed by atoms with Crippen LogP contribution in [0.4, 0.5) is 0 Å². The first kappa shape index (κ1) is 93.7. The van der Waals surface area contributed by atoms with Gasteiger partial charge in [0.1, 0.15) is 0 Å². The number of carboxylic acids is 2. The minimum atomic E-state index is -1.15. The molecule has 0 aliphatic carbocycles. The summed E-state index contributed by atoms with van der Waals surface area (Å²) in [4.78, 5) is 27.9. The van der Waals surface area contributed by atoms with Crippen molar-refractivity contribution in [3.63, 3.8) is 0 Å². The van der Waals surface area contributed by atoms with Crippen LogP contribution in [-0.2, 0) is 53.6 Å². The molecule has 0 atom stereocenters. The summed E-state index contributed by atoms with van der Waals surface area (Å²) in [6, 6.07) is 86.5. The van der Waals surface area contributed by atoms with Gasteiger partial charge in [-0.25, -0.2) is 0 Å². The first-order valence-electron chi connectivity index (χ1n) is 42.8. The van der Waals surface area contributed by atoms with Crippen LogP contribution in [0, 0.1) is 111 Å². The van der Waals surface area contributed by atoms with E-state index in [0.29, 0.717) is 25.7 Å². The largest absolute Gasteiger partial charge is 2.00 e. The number of aromatic carboxylic acids is 2. The molecule has 0 aliphatic rings. The van der Waals surface area contributed by atoms with Crippen LogP contribution in [0.25, 0.3) is 89.0 Å². The van der Waals surface area contributed by atoms with Gasteiger partial charge in [0.15, 0.2) is 0 Å². The van der Waals surface area contributed by atoms with Crippen LogP contribution in [-0.4, -0.2) is 36.4 Å². The second-order valence-corrected chi connectivity index (χ2v) is 35.6. The summed E-state index contributed by atoms with van der Waals surface area (Å²) in [5.74, 6) is -2.29. The van der Waals surface area contributed by atoms with E-state index in [0.717, 1.165) is 114 Å². The minimum Gasteiger partial charge on any atom is -0.545 e. The predicted molar refractivity (Wildman–Crippen MR) is 512 cm³/mol. The average molecular weight is 1680 g/mol. The van der Waals surface area contributed by atoms with Gasteiger partial charge in [-0.1, -0.05) is 284 Å². The van der Waals surface area contributed by atoms with Gasteiger partial charge >= 0.3 is 17.1 Å². The molecular formula is C116H122CuO6. The Hall–Kier alpha value is -11.5. The summed E-state index contributed by atoms with van der Waals surface area (Å²) in [5.41, 5.74) is 47.5. The topological polar surface area (TPSA) is 121 Å². The molecule has 0 heterocycles. The van der Waals surface area contributed by atoms with Gasteiger partial charge in [-0.2, -0.15) is 0 Å². The van der Waals surface area contributed by atoms with Gasteiger partial charge in [-0.15, -0.1) is 0 Å². The Labute approximate surface area is 744 Å². The molecule has 14 aromatic carbocycles. The standard InChI is InChI=1S/2C57H58O2.2CH4O.Cu/c2*1-34-18-12-19-35(2)51(34)45-26-16-27-46(52-36(3)20-13-21-37(52)4)49(45)32-42-30-44(57(9,10)11)31-43(55(42)56(58)59)33-50-47(53-38(5)22-14-23-39(53)6)28-17-29-48(50)54-40(7)24-15-25-41(54)8;2*1-2;/h2*12-31H,32-33H2,1-11H3,(H,58,59);2*2H,1H3;/q;;;;+2/p-2. The van der Waals surface area contributed by atoms with Crippen molar-refractivity contribution >= 4 is 11.9 Å². The zero-order valence-corrected chi connectivity index (χ0v) is 77.7. The molecule has 0 unspecified atom stereocenters. The molecule has 6 nitrogen and oxygen atoms in total. The Morgan fingerprint density at radius 3 is 0.447 bits per heavy atom. The van der Waals surface area contributed by atoms with Gasteiger partial charge in [-0.3, -0.25) is 0 Å². The van der Waals surface area contributed by atoms with Crippen LogP contribution in [0.2, 0.25) is 0 Å². The number of benzene rings is 14. The second kappa shape index (κ2) is 39.8. The summed E-state index contributed by atoms with van der Waals surface area (Å²) in [6.45, 7) is 48.0. The number of aliphatic hydroxyl groups excluding tert-OH is 2. The number of hydrogen-bond acceptors (Lipinski definition) is 6. The van der Waals surface area contributed by atoms with Gasteiger partial charge in [-0.05, 0) is 381 Å². The zero-order valence-electron chi connectivity index (χ0n) is 76.8. The third-order valence-corrected chi connectivity index (χ3v) is 24.9. The van der Waals surface area contributed by atoms with E-state index in [-0.39, 0.29) is 39.0 Å². The maximum atomic E-state index is 13.9. The quantitative estimate of drug-likeness (QED) is 0.0826. The molecule has 123 heavy (non-hydrogen) atoms. The fourth-order valence-corrected chi connectivity index (χ4v) is 19.1. The molecule has 0 bridgehead atoms. The van der Waals surface area contributed by atoms with Gasteiger partial charge in [0.05, 0.1) is 11.9 Å². The summed E-state index contributed by atoms with van der Waals surface area (Å²) in [7, 11) is 2.00. The van der Waals surface area contributed by atoms with Crippen molar-refractivity contribution in [2.75, 3.05) is 14.2 Å². The Morgan fingerprint density at radius 1 is 0.228 bits per heavy atom. The first-order valence-corrected chi connectivity index (χ1v) is 42.8. The molecule has 0 spiro atoms. The molecule has 14 aromatic rings. The molecule has 0 aliphatic heterocycles. The van der Waals surface area contributed by atoms with Crippen LogP contribution >= 0.6 is 0 Å². The molecule has 0 fully saturated rings. The summed E-state index contributed by atoms with van der Waals surface area (Å²) in [6.07, 6.45) is 1.70. The Kier molecular flexibility index (Phi) is 30.3. The van der Waals surface area contributed by atoms with Crippen molar-refractivity contribution < 1.29 is 47.1 Å². The summed E-state index contributed by atoms with van der Waals surface area (Å²) >= 11 is 0. The number of carbonyl (C=O) groups excluding carboxylic acids is 2. The number of hydrogen-bond donors (Lipinski definition) is 2. The smallest absolute Gasteiger partial charge is 0.545 e. The Balaban J connectivity index is 0.000000246. The second-order valence-electron chi connectivity index (χ2n) is 35.6. The normalized spacial score (nSPS) is 11.2. The number of aryl methyl sites for hydroxylation is 16. The molecule has 633 valence electrons. The third-order valence-electron chi connectivity index (χ3n) is 24.9. The molecule has 0 saturated carbocycles. The maximum Gasteiger partial charge on any atom is 2.00 e. The van der Waals surface area contributed by atoms with Crippen molar-refractivity contribution in [2.45, 2.75) is 189 Å². The van der Waals surface area contributed by atoms with Crippen LogP contribution in [0.3, 0.4) is 0 Å². The van der Waals surface area contributed by atoms with E-state index in [9.17, 15) is 19.8 Å². The Bertz CT molecular complexity index is 5120. The van der Waals surface area contributed by atoms with Crippen molar-refractivity contribution in [3.05, 3.63) is 398 Å². The fourth-order valence-electron chi connectivity index (χ4n) is 19.1. The van der Waals surface area contributed by atoms with E-state index in [4.69, 9.17) is 10.2 Å². The monoisotopic (exact) mass is 1670 g/mol. The number of aliphatic hydroxyl groups is 2. The molecule has 0 aromatic heterocycles. The van der Waals surface area contributed by atoms with E-state index >= 15 is 0 Å². The number of carbonyl (C=O) groups is 2. The molecule has 1 radical (unpaired) electrons. The molecule has 0 amide bonds. The zero-order chi connectivity index (χ0) is 88.7. The van der Waals surface area contributed by atoms with E-state index in [1.165, 1.54) is 134 Å². The van der Waals surface area contributed by atoms with Crippen LogP contribution < -0.4 is 10.2 Å². The summed E-state index contributed by atoms with van der Waals surface area (Å²) in [5, 5.41) is 41.9. The number of carboxylic acid groups (broad SMARTS) is 2. The van der Waals surface area contributed by atoms with E-state index in [2.05, 4.69) is 395 Å². The van der Waals surface area contributed by atoms with Gasteiger partial charge < -0.3 is 30.0 Å². The van der Waals surface area contributed by atoms with E-state index in [1.807, 2.05) is 0 Å². The van der Waals surface area contributed by atoms with Gasteiger partial charge in [0, 0.05) is 25.3 Å². The van der Waals surface area contributed by atoms with Crippen LogP contribution in [0.5, 0.6) is 0 Å². The van der Waals surface area contributed by atoms with Gasteiger partial charge in [0.2, 0.25) is 0 Å². The van der Waals surface area contributed by atoms with Crippen molar-refractivity contribution in [2.24, 2.45) is 0 Å². The molecule has 14 rings (SSSR count). The van der Waals surface area contributed by atoms with Crippen LogP contribution in [0.1, 0.15) is 207 Å². The number of rotatable bonds is 18.